The van der Waals surface area contributed by atoms with Crippen molar-refractivity contribution in [3.8, 4) is 0 Å². The van der Waals surface area contributed by atoms with Crippen LogP contribution in [0.5, 0.6) is 0 Å². The largest absolute Gasteiger partial charge is 0.480 e. The Balaban J connectivity index is 2.17. The molecule has 1 atom stereocenters. The van der Waals surface area contributed by atoms with E-state index < -0.39 is 17.9 Å². The summed E-state index contributed by atoms with van der Waals surface area (Å²) in [6, 6.07) is -0.768. The Morgan fingerprint density at radius 1 is 1.53 bits per heavy atom. The molecule has 0 bridgehead atoms. The molecule has 1 aliphatic rings. The summed E-state index contributed by atoms with van der Waals surface area (Å²) in [5.41, 5.74) is 0. The normalized spacial score (nSPS) is 20.5. The SMILES string of the molecule is O=C(O)C1CCCN1C(=O)c1nn[nH]n1. The fourth-order valence-electron chi connectivity index (χ4n) is 1.65. The molecule has 0 radical (unpaired) electrons. The molecule has 0 aromatic carbocycles. The van der Waals surface area contributed by atoms with Gasteiger partial charge in [-0.2, -0.15) is 5.21 Å². The molecule has 1 aromatic rings. The molecule has 2 rings (SSSR count). The quantitative estimate of drug-likeness (QED) is 0.641. The molecule has 8 nitrogen and oxygen atoms in total. The van der Waals surface area contributed by atoms with Crippen molar-refractivity contribution in [2.45, 2.75) is 18.9 Å². The van der Waals surface area contributed by atoms with Crippen LogP contribution in [0.3, 0.4) is 0 Å². The number of nitrogens with zero attached hydrogens (tertiary/aromatic N) is 4. The Morgan fingerprint density at radius 3 is 2.93 bits per heavy atom. The molecule has 15 heavy (non-hydrogen) atoms. The second-order valence-electron chi connectivity index (χ2n) is 3.23. The van der Waals surface area contributed by atoms with Crippen LogP contribution in [0, 0.1) is 0 Å². The van der Waals surface area contributed by atoms with Crippen molar-refractivity contribution in [1.29, 1.82) is 0 Å². The maximum atomic E-state index is 11.7. The van der Waals surface area contributed by atoms with Gasteiger partial charge >= 0.3 is 5.97 Å². The molecule has 80 valence electrons. The van der Waals surface area contributed by atoms with Gasteiger partial charge in [0.15, 0.2) is 0 Å². The van der Waals surface area contributed by atoms with Crippen molar-refractivity contribution in [2.75, 3.05) is 6.54 Å². The molecule has 0 aliphatic carbocycles. The zero-order chi connectivity index (χ0) is 10.8. The summed E-state index contributed by atoms with van der Waals surface area (Å²) in [5, 5.41) is 21.3. The molecule has 1 fully saturated rings. The number of aliphatic carboxylic acids is 1. The van der Waals surface area contributed by atoms with E-state index in [0.717, 1.165) is 0 Å². The maximum absolute atomic E-state index is 11.7. The van der Waals surface area contributed by atoms with Gasteiger partial charge in [-0.3, -0.25) is 4.79 Å². The third kappa shape index (κ3) is 1.65. The summed E-state index contributed by atoms with van der Waals surface area (Å²) in [7, 11) is 0. The van der Waals surface area contributed by atoms with Crippen molar-refractivity contribution in [3.05, 3.63) is 5.82 Å². The first-order valence-electron chi connectivity index (χ1n) is 4.47. The molecular formula is C7H9N5O3. The summed E-state index contributed by atoms with van der Waals surface area (Å²) in [5.74, 6) is -1.58. The first kappa shape index (κ1) is 9.56. The van der Waals surface area contributed by atoms with Gasteiger partial charge in [0.1, 0.15) is 6.04 Å². The van der Waals surface area contributed by atoms with E-state index in [1.165, 1.54) is 4.90 Å². The molecule has 1 aliphatic heterocycles. The number of rotatable bonds is 2. The van der Waals surface area contributed by atoms with Crippen LogP contribution < -0.4 is 0 Å². The smallest absolute Gasteiger partial charge is 0.326 e. The van der Waals surface area contributed by atoms with Gasteiger partial charge in [0.05, 0.1) is 0 Å². The average Bonchev–Trinajstić information content (AvgIpc) is 2.88. The van der Waals surface area contributed by atoms with E-state index in [4.69, 9.17) is 5.11 Å². The molecular weight excluding hydrogens is 202 g/mol. The van der Waals surface area contributed by atoms with Crippen molar-refractivity contribution >= 4 is 11.9 Å². The number of nitrogens with one attached hydrogen (secondary N) is 1. The number of hydrogen-bond donors (Lipinski definition) is 2. The highest BCUT2D eigenvalue weighted by Crippen LogP contribution is 2.18. The summed E-state index contributed by atoms with van der Waals surface area (Å²) in [6.07, 6.45) is 1.15. The first-order chi connectivity index (χ1) is 7.20. The Kier molecular flexibility index (Phi) is 2.32. The van der Waals surface area contributed by atoms with E-state index in [1.54, 1.807) is 0 Å². The van der Waals surface area contributed by atoms with E-state index in [1.807, 2.05) is 0 Å². The van der Waals surface area contributed by atoms with Gasteiger partial charge in [0, 0.05) is 6.54 Å². The lowest BCUT2D eigenvalue weighted by atomic mass is 10.2. The molecule has 2 heterocycles. The third-order valence-corrected chi connectivity index (χ3v) is 2.34. The lowest BCUT2D eigenvalue weighted by Gasteiger charge is -2.19. The molecule has 1 unspecified atom stereocenters. The number of carboxylic acids is 1. The van der Waals surface area contributed by atoms with Gasteiger partial charge in [-0.15, -0.1) is 10.2 Å². The Bertz CT molecular complexity index is 376. The van der Waals surface area contributed by atoms with Crippen LogP contribution in [0.4, 0.5) is 0 Å². The van der Waals surface area contributed by atoms with Gasteiger partial charge in [-0.05, 0) is 18.1 Å². The number of hydrogen-bond acceptors (Lipinski definition) is 5. The van der Waals surface area contributed by atoms with Crippen LogP contribution in [-0.4, -0.2) is 55.1 Å². The zero-order valence-corrected chi connectivity index (χ0v) is 7.75. The number of H-pyrrole nitrogens is 1. The molecule has 1 aromatic heterocycles. The lowest BCUT2D eigenvalue weighted by molar-refractivity contribution is -0.141. The highest BCUT2D eigenvalue weighted by atomic mass is 16.4. The number of carboxylic acid groups (broad SMARTS) is 1. The summed E-state index contributed by atoms with van der Waals surface area (Å²) in [4.78, 5) is 23.8. The number of tetrazole rings is 1. The summed E-state index contributed by atoms with van der Waals surface area (Å²) < 4.78 is 0. The fraction of sp³-hybridized carbons (Fsp3) is 0.571. The van der Waals surface area contributed by atoms with E-state index in [-0.39, 0.29) is 5.82 Å². The number of carbonyl (C=O) groups is 2. The lowest BCUT2D eigenvalue weighted by Crippen LogP contribution is -2.40. The van der Waals surface area contributed by atoms with E-state index in [0.29, 0.717) is 19.4 Å². The van der Waals surface area contributed by atoms with Crippen LogP contribution in [-0.2, 0) is 4.79 Å². The van der Waals surface area contributed by atoms with E-state index >= 15 is 0 Å². The number of amides is 1. The van der Waals surface area contributed by atoms with Crippen molar-refractivity contribution < 1.29 is 14.7 Å². The third-order valence-electron chi connectivity index (χ3n) is 2.34. The molecule has 2 N–H and O–H groups in total. The standard InChI is InChI=1S/C7H9N5O3/c13-6(5-8-10-11-9-5)12-3-1-2-4(12)7(14)15/h4H,1-3H2,(H,14,15)(H,8,9,10,11). The summed E-state index contributed by atoms with van der Waals surface area (Å²) in [6.45, 7) is 0.421. The Morgan fingerprint density at radius 2 is 2.33 bits per heavy atom. The van der Waals surface area contributed by atoms with Crippen molar-refractivity contribution in [1.82, 2.24) is 25.5 Å². The predicted molar refractivity (Wildman–Crippen MR) is 45.9 cm³/mol. The molecule has 0 saturated carbocycles. The molecule has 1 saturated heterocycles. The maximum Gasteiger partial charge on any atom is 0.326 e. The van der Waals surface area contributed by atoms with Crippen LogP contribution >= 0.6 is 0 Å². The summed E-state index contributed by atoms with van der Waals surface area (Å²) >= 11 is 0. The topological polar surface area (TPSA) is 112 Å². The van der Waals surface area contributed by atoms with Crippen molar-refractivity contribution in [3.63, 3.8) is 0 Å². The van der Waals surface area contributed by atoms with Crippen LogP contribution in [0.25, 0.3) is 0 Å². The fourth-order valence-corrected chi connectivity index (χ4v) is 1.65. The van der Waals surface area contributed by atoms with Crippen LogP contribution in [0.1, 0.15) is 23.5 Å². The van der Waals surface area contributed by atoms with Gasteiger partial charge in [-0.25, -0.2) is 4.79 Å². The Labute approximate surface area is 84.3 Å². The number of likely N-dealkylation sites (tertiary alicyclic amines) is 1. The van der Waals surface area contributed by atoms with Gasteiger partial charge in [-0.1, -0.05) is 0 Å². The highest BCUT2D eigenvalue weighted by Gasteiger charge is 2.35. The predicted octanol–water partition coefficient (Wildman–Crippen LogP) is -1.11. The van der Waals surface area contributed by atoms with Crippen LogP contribution in [0.2, 0.25) is 0 Å². The number of carbonyl (C=O) groups excluding carboxylic acids is 1. The zero-order valence-electron chi connectivity index (χ0n) is 7.75. The van der Waals surface area contributed by atoms with Gasteiger partial charge in [0.2, 0.25) is 0 Å². The highest BCUT2D eigenvalue weighted by molar-refractivity contribution is 5.93. The van der Waals surface area contributed by atoms with E-state index in [9.17, 15) is 9.59 Å². The molecule has 8 heteroatoms. The van der Waals surface area contributed by atoms with E-state index in [2.05, 4.69) is 20.6 Å². The average molecular weight is 211 g/mol. The number of aromatic amines is 1. The first-order valence-corrected chi connectivity index (χ1v) is 4.47. The van der Waals surface area contributed by atoms with Crippen molar-refractivity contribution in [2.24, 2.45) is 0 Å². The Hall–Kier alpha value is -1.99. The van der Waals surface area contributed by atoms with Crippen LogP contribution in [0.15, 0.2) is 0 Å². The molecule has 0 spiro atoms. The second kappa shape index (κ2) is 3.64. The molecule has 1 amide bonds. The number of aromatic nitrogens is 4. The second-order valence-corrected chi connectivity index (χ2v) is 3.23. The van der Waals surface area contributed by atoms with Gasteiger partial charge in [0.25, 0.3) is 11.7 Å². The minimum atomic E-state index is -0.996. The monoisotopic (exact) mass is 211 g/mol. The minimum Gasteiger partial charge on any atom is -0.480 e. The minimum absolute atomic E-state index is 0.0943. The van der Waals surface area contributed by atoms with Gasteiger partial charge < -0.3 is 10.0 Å².